The highest BCUT2D eigenvalue weighted by Gasteiger charge is 2.42. The number of aliphatic hydroxyl groups is 1. The van der Waals surface area contributed by atoms with Gasteiger partial charge in [0.25, 0.3) is 16.0 Å². The molecule has 0 saturated carbocycles. The lowest BCUT2D eigenvalue weighted by Crippen LogP contribution is -2.60. The Kier molecular flexibility index (Phi) is 38.6. The summed E-state index contributed by atoms with van der Waals surface area (Å²) >= 11 is 0. The molecule has 1 saturated heterocycles. The van der Waals surface area contributed by atoms with Gasteiger partial charge in [-0.25, -0.2) is 9.59 Å². The third-order valence-corrected chi connectivity index (χ3v) is 19.3. The average molecular weight is 1500 g/mol. The minimum Gasteiger partial charge on any atom is -0.445 e. The van der Waals surface area contributed by atoms with Gasteiger partial charge in [0.15, 0.2) is 0 Å². The highest BCUT2D eigenvalue weighted by Crippen LogP contribution is 2.30. The highest BCUT2D eigenvalue weighted by atomic mass is 32.2. The summed E-state index contributed by atoms with van der Waals surface area (Å²) in [5.41, 5.74) is 11.7. The van der Waals surface area contributed by atoms with Crippen LogP contribution in [0.15, 0.2) is 48.5 Å². The highest BCUT2D eigenvalue weighted by molar-refractivity contribution is 7.85. The van der Waals surface area contributed by atoms with Gasteiger partial charge in [-0.15, -0.1) is 0 Å². The Hall–Kier alpha value is -8.37. The molecule has 0 aliphatic carbocycles. The molecule has 1 heterocycles. The molecular formula is C72H117N13O19S. The van der Waals surface area contributed by atoms with E-state index in [1.165, 1.54) is 51.1 Å². The molecule has 105 heavy (non-hydrogen) atoms. The van der Waals surface area contributed by atoms with Crippen LogP contribution in [0.5, 0.6) is 0 Å². The molecule has 2 aromatic rings. The van der Waals surface area contributed by atoms with Crippen LogP contribution in [0.2, 0.25) is 0 Å². The predicted molar refractivity (Wildman–Crippen MR) is 393 cm³/mol. The van der Waals surface area contributed by atoms with Crippen molar-refractivity contribution in [1.82, 2.24) is 51.9 Å². The van der Waals surface area contributed by atoms with Crippen molar-refractivity contribution in [3.8, 4) is 0 Å². The van der Waals surface area contributed by atoms with Crippen molar-refractivity contribution < 1.29 is 89.8 Å². The van der Waals surface area contributed by atoms with Crippen LogP contribution in [0.1, 0.15) is 168 Å². The Morgan fingerprint density at radius 1 is 0.724 bits per heavy atom. The van der Waals surface area contributed by atoms with Crippen LogP contribution in [0.3, 0.4) is 0 Å². The zero-order valence-corrected chi connectivity index (χ0v) is 64.4. The Labute approximate surface area is 617 Å². The molecule has 0 spiro atoms. The van der Waals surface area contributed by atoms with Gasteiger partial charge in [-0.05, 0) is 80.4 Å². The number of carbonyl (C=O) groups is 12. The van der Waals surface area contributed by atoms with E-state index < -0.39 is 154 Å². The summed E-state index contributed by atoms with van der Waals surface area (Å²) in [7, 11) is -0.487. The minimum absolute atomic E-state index is 0.00174. The lowest BCUT2D eigenvalue weighted by molar-refractivity contribution is -0.146. The first-order chi connectivity index (χ1) is 49.3. The first-order valence-electron chi connectivity index (χ1n) is 36.0. The second-order valence-electron chi connectivity index (χ2n) is 28.3. The molecule has 0 unspecified atom stereocenters. The summed E-state index contributed by atoms with van der Waals surface area (Å²) in [4.78, 5) is 168. The Morgan fingerprint density at radius 3 is 1.94 bits per heavy atom. The maximum Gasteiger partial charge on any atom is 0.410 e. The molecule has 0 bridgehead atoms. The van der Waals surface area contributed by atoms with Crippen LogP contribution in [0.25, 0.3) is 0 Å². The summed E-state index contributed by atoms with van der Waals surface area (Å²) in [6.45, 7) is 20.5. The van der Waals surface area contributed by atoms with E-state index in [9.17, 15) is 75.6 Å². The molecule has 12 atom stereocenters. The van der Waals surface area contributed by atoms with Crippen molar-refractivity contribution >= 4 is 86.9 Å². The molecule has 33 heteroatoms. The summed E-state index contributed by atoms with van der Waals surface area (Å²) in [5, 5.41) is 31.6. The number of likely N-dealkylation sites (N-methyl/N-ethyl adjacent to an activating group) is 2. The lowest BCUT2D eigenvalue weighted by Gasteiger charge is -2.40. The molecule has 12 amide bonds. The van der Waals surface area contributed by atoms with E-state index in [2.05, 4.69) is 42.5 Å². The van der Waals surface area contributed by atoms with Crippen molar-refractivity contribution in [2.24, 2.45) is 47.0 Å². The number of methoxy groups -OCH3 is 1. The average Bonchev–Trinajstić information content (AvgIpc) is 1.33. The molecular weight excluding hydrogens is 1380 g/mol. The van der Waals surface area contributed by atoms with E-state index in [4.69, 9.17) is 25.7 Å². The number of hydrogen-bond acceptors (Lipinski definition) is 19. The Bertz CT molecular complexity index is 3340. The van der Waals surface area contributed by atoms with Gasteiger partial charge in [0.05, 0.1) is 43.9 Å². The van der Waals surface area contributed by atoms with Crippen LogP contribution in [-0.4, -0.2) is 225 Å². The number of ether oxygens (including phenoxy) is 3. The third-order valence-electron chi connectivity index (χ3n) is 18.6. The van der Waals surface area contributed by atoms with E-state index in [-0.39, 0.29) is 117 Å². The third kappa shape index (κ3) is 29.8. The molecule has 1 fully saturated rings. The molecule has 590 valence electrons. The number of anilines is 1. The number of Topliss-reactive ketones (excluding diaryl/α,β-unsaturated/α-hetero) is 1. The topological polar surface area (TPSA) is 465 Å². The van der Waals surface area contributed by atoms with E-state index in [0.29, 0.717) is 31.4 Å². The molecule has 2 aromatic carbocycles. The zero-order chi connectivity index (χ0) is 79.2. The SMILES string of the molecule is CC[C@H](C)[C@@H]([C@@H](CC(=O)N1CCC[C@H]1C[C@@H](C)C(=O)N[C@H](C)[C@@H](O)c1ccccc1)OC)N(C)C(=O)[C@@H](NC(=O)[C@H](C(C)C)N(C)C(=O)OCc1ccc(NC(=O)[C@H](CCCNC(N)=O)NC(=O)[C@@H](NC(=O)[C@H](CS(=O)(=O)O)NC(=O)CCOCCC(=O)C(C)C)C(C)C)cc1C(=O)NCCN)C(C)C. The van der Waals surface area contributed by atoms with Crippen LogP contribution < -0.4 is 54.0 Å². The number of likely N-dealkylation sites (tertiary alicyclic amines) is 1. The fourth-order valence-corrected chi connectivity index (χ4v) is 13.0. The van der Waals surface area contributed by atoms with Crippen LogP contribution in [0.4, 0.5) is 15.3 Å². The molecule has 3 rings (SSSR count). The van der Waals surface area contributed by atoms with Gasteiger partial charge in [0.1, 0.15) is 48.4 Å². The molecule has 0 radical (unpaired) electrons. The summed E-state index contributed by atoms with van der Waals surface area (Å²) in [6.07, 6.45) is -0.777. The summed E-state index contributed by atoms with van der Waals surface area (Å²) in [5.74, 6) is -10.2. The summed E-state index contributed by atoms with van der Waals surface area (Å²) in [6, 6.07) is 3.53. The van der Waals surface area contributed by atoms with Crippen molar-refractivity contribution in [3.63, 3.8) is 0 Å². The van der Waals surface area contributed by atoms with Crippen LogP contribution >= 0.6 is 0 Å². The number of amides is 12. The molecule has 1 aliphatic rings. The minimum atomic E-state index is -4.91. The molecule has 32 nitrogen and oxygen atoms in total. The van der Waals surface area contributed by atoms with E-state index in [1.807, 2.05) is 32.0 Å². The van der Waals surface area contributed by atoms with Gasteiger partial charge in [-0.3, -0.25) is 57.4 Å². The number of aliphatic hydroxyl groups excluding tert-OH is 1. The number of nitrogens with zero attached hydrogens (tertiary/aromatic N) is 3. The van der Waals surface area contributed by atoms with Crippen LogP contribution in [-0.2, 0) is 74.1 Å². The monoisotopic (exact) mass is 1500 g/mol. The van der Waals surface area contributed by atoms with Gasteiger partial charge >= 0.3 is 12.1 Å². The number of urea groups is 1. The number of rotatable bonds is 45. The van der Waals surface area contributed by atoms with Gasteiger partial charge in [-0.2, -0.15) is 8.42 Å². The van der Waals surface area contributed by atoms with Gasteiger partial charge in [-0.1, -0.05) is 119 Å². The molecule has 14 N–H and O–H groups in total. The largest absolute Gasteiger partial charge is 0.445 e. The fraction of sp³-hybridized carbons (Fsp3) is 0.667. The lowest BCUT2D eigenvalue weighted by atomic mass is 9.89. The molecule has 0 aromatic heterocycles. The van der Waals surface area contributed by atoms with Gasteiger partial charge in [0, 0.05) is 94.9 Å². The predicted octanol–water partition coefficient (Wildman–Crippen LogP) is 3.05. The number of nitrogens with one attached hydrogen (secondary N) is 8. The van der Waals surface area contributed by atoms with Gasteiger partial charge < -0.3 is 83.1 Å². The van der Waals surface area contributed by atoms with Crippen molar-refractivity contribution in [2.75, 3.05) is 71.7 Å². The zero-order valence-electron chi connectivity index (χ0n) is 63.6. The Morgan fingerprint density at radius 2 is 1.36 bits per heavy atom. The number of nitrogens with two attached hydrogens (primary N) is 2. The second-order valence-corrected chi connectivity index (χ2v) is 29.8. The number of ketones is 1. The fourth-order valence-electron chi connectivity index (χ4n) is 12.3. The van der Waals surface area contributed by atoms with Crippen LogP contribution in [0, 0.1) is 35.5 Å². The number of hydrogen-bond donors (Lipinski definition) is 12. The smallest absolute Gasteiger partial charge is 0.410 e. The van der Waals surface area contributed by atoms with E-state index in [1.54, 1.807) is 79.5 Å². The summed E-state index contributed by atoms with van der Waals surface area (Å²) < 4.78 is 51.0. The normalized spacial score (nSPS) is 16.2. The van der Waals surface area contributed by atoms with E-state index in [0.717, 1.165) is 11.3 Å². The van der Waals surface area contributed by atoms with E-state index >= 15 is 0 Å². The standard InChI is InChI=1S/C72H117N13O19S/c1-16-45(10)62(56(102-15)38-58(88)85-33-21-24-51(85)36-46(11)64(90)77-47(12)63(89)48-22-18-17-19-23-48)83(13)70(96)60(43(6)7)82-69(95)61(44(8)9)84(14)72(98)104-39-49-26-27-50(37-52(49)65(91)75-32-30-73)78-66(92)53(25-20-31-76-71(74)97)80-68(94)59(42(4)5)81-67(93)54(40-105(99,100)101)79-57(87)29-35-103-34-28-55(86)41(2)3/h17-19,22-23,26-27,37,41-47,51,53-54,56,59-63,89H,16,20-21,24-25,28-36,38-40,73H2,1-15H3,(H,75,91)(H,77,90)(H,78,92)(H,79,87)(H,80,94)(H,81,93)(H,82,95)(H3,74,76,97)(H,99,100,101)/t45-,46+,47+,51-,53-,54-,56+,59-,60-,61-,62-,63+/m0/s1. The maximum absolute atomic E-state index is 14.9. The first-order valence-corrected chi connectivity index (χ1v) is 37.6. The number of primary amides is 1. The van der Waals surface area contributed by atoms with Crippen molar-refractivity contribution in [2.45, 2.75) is 208 Å². The maximum atomic E-state index is 14.9. The first kappa shape index (κ1) is 90.8. The second kappa shape index (κ2) is 44.6. The number of benzene rings is 2. The Balaban J connectivity index is 1.83. The van der Waals surface area contributed by atoms with Crippen molar-refractivity contribution in [1.29, 1.82) is 0 Å². The van der Waals surface area contributed by atoms with Crippen molar-refractivity contribution in [3.05, 3.63) is 65.2 Å². The van der Waals surface area contributed by atoms with Gasteiger partial charge in [0.2, 0.25) is 47.3 Å². The quantitative estimate of drug-likeness (QED) is 0.0335. The number of carbonyl (C=O) groups excluding carboxylic acids is 12. The molecule has 1 aliphatic heterocycles.